The lowest BCUT2D eigenvalue weighted by Gasteiger charge is -2.27. The van der Waals surface area contributed by atoms with Gasteiger partial charge in [0.05, 0.1) is 19.8 Å². The van der Waals surface area contributed by atoms with Crippen molar-refractivity contribution in [2.75, 3.05) is 26.3 Å². The summed E-state index contributed by atoms with van der Waals surface area (Å²) in [5.74, 6) is 5.10. The summed E-state index contributed by atoms with van der Waals surface area (Å²) >= 11 is 0. The van der Waals surface area contributed by atoms with Gasteiger partial charge in [0.15, 0.2) is 0 Å². The second-order valence-electron chi connectivity index (χ2n) is 4.76. The van der Waals surface area contributed by atoms with Crippen molar-refractivity contribution in [3.8, 4) is 0 Å². The van der Waals surface area contributed by atoms with Gasteiger partial charge in [-0.1, -0.05) is 0 Å². The molecular formula is C10H20N2O4. The smallest absolute Gasteiger partial charge is 0.410 e. The number of carbonyl (C=O) groups excluding carboxylic acids is 1. The summed E-state index contributed by atoms with van der Waals surface area (Å²) in [7, 11) is 0. The van der Waals surface area contributed by atoms with Crippen molar-refractivity contribution in [3.63, 3.8) is 0 Å². The number of hydrogen-bond acceptors (Lipinski definition) is 5. The summed E-state index contributed by atoms with van der Waals surface area (Å²) in [6.07, 6.45) is -0.657. The van der Waals surface area contributed by atoms with E-state index in [2.05, 4.69) is 0 Å². The molecule has 94 valence electrons. The minimum atomic E-state index is -0.497. The summed E-state index contributed by atoms with van der Waals surface area (Å²) in [5, 5.41) is 0. The van der Waals surface area contributed by atoms with Crippen LogP contribution >= 0.6 is 0 Å². The predicted octanol–water partition coefficient (Wildman–Crippen LogP) is 0.513. The molecule has 0 saturated carbocycles. The summed E-state index contributed by atoms with van der Waals surface area (Å²) in [6.45, 7) is 7.25. The van der Waals surface area contributed by atoms with Crippen LogP contribution in [0.3, 0.4) is 0 Å². The fraction of sp³-hybridized carbons (Fsp3) is 0.900. The van der Waals surface area contributed by atoms with Gasteiger partial charge in [-0.2, -0.15) is 0 Å². The Balaban J connectivity index is 2.53. The maximum atomic E-state index is 11.8. The molecule has 1 aliphatic rings. The van der Waals surface area contributed by atoms with Gasteiger partial charge < -0.3 is 14.4 Å². The minimum absolute atomic E-state index is 0.296. The first-order valence-electron chi connectivity index (χ1n) is 5.33. The molecule has 1 saturated heterocycles. The van der Waals surface area contributed by atoms with Crippen molar-refractivity contribution in [2.24, 2.45) is 5.90 Å². The van der Waals surface area contributed by atoms with Gasteiger partial charge in [0.1, 0.15) is 11.7 Å². The van der Waals surface area contributed by atoms with Crippen molar-refractivity contribution < 1.29 is 19.1 Å². The van der Waals surface area contributed by atoms with E-state index in [4.69, 9.17) is 20.2 Å². The molecule has 16 heavy (non-hydrogen) atoms. The second kappa shape index (κ2) is 5.47. The van der Waals surface area contributed by atoms with E-state index in [1.165, 1.54) is 0 Å². The summed E-state index contributed by atoms with van der Waals surface area (Å²) in [6, 6.07) is 0. The number of ether oxygens (including phenoxy) is 2. The van der Waals surface area contributed by atoms with Gasteiger partial charge in [-0.15, -0.1) is 0 Å². The Labute approximate surface area is 95.6 Å². The van der Waals surface area contributed by atoms with Crippen LogP contribution in [0.25, 0.3) is 0 Å². The molecule has 1 rings (SSSR count). The molecular weight excluding hydrogens is 212 g/mol. The van der Waals surface area contributed by atoms with E-state index in [0.29, 0.717) is 26.3 Å². The summed E-state index contributed by atoms with van der Waals surface area (Å²) in [5.41, 5.74) is -0.497. The SMILES string of the molecule is CC(C)(C)OC(=O)N1CCOCC(ON)C1. The third-order valence-corrected chi connectivity index (χ3v) is 2.08. The highest BCUT2D eigenvalue weighted by atomic mass is 16.6. The van der Waals surface area contributed by atoms with Gasteiger partial charge >= 0.3 is 6.09 Å². The summed E-state index contributed by atoms with van der Waals surface area (Å²) in [4.78, 5) is 18.0. The topological polar surface area (TPSA) is 74.0 Å². The molecule has 6 nitrogen and oxygen atoms in total. The number of rotatable bonds is 1. The molecule has 1 unspecified atom stereocenters. The normalized spacial score (nSPS) is 22.8. The Hall–Kier alpha value is -0.850. The standard InChI is InChI=1S/C10H20N2O4/c1-10(2,3)15-9(13)12-4-5-14-7-8(6-12)16-11/h8H,4-7,11H2,1-3H3. The molecule has 0 aromatic carbocycles. The molecule has 1 aliphatic heterocycles. The Morgan fingerprint density at radius 1 is 1.50 bits per heavy atom. The van der Waals surface area contributed by atoms with Gasteiger partial charge in [-0.25, -0.2) is 10.7 Å². The Morgan fingerprint density at radius 3 is 2.75 bits per heavy atom. The van der Waals surface area contributed by atoms with E-state index in [0.717, 1.165) is 0 Å². The van der Waals surface area contributed by atoms with Crippen LogP contribution in [0.5, 0.6) is 0 Å². The zero-order chi connectivity index (χ0) is 12.2. The number of nitrogens with two attached hydrogens (primary N) is 1. The number of nitrogens with zero attached hydrogens (tertiary/aromatic N) is 1. The molecule has 0 aromatic heterocycles. The first kappa shape index (κ1) is 13.2. The van der Waals surface area contributed by atoms with Crippen molar-refractivity contribution in [3.05, 3.63) is 0 Å². The fourth-order valence-corrected chi connectivity index (χ4v) is 1.35. The zero-order valence-corrected chi connectivity index (χ0v) is 10.1. The molecule has 6 heteroatoms. The minimum Gasteiger partial charge on any atom is -0.444 e. The van der Waals surface area contributed by atoms with Gasteiger partial charge in [-0.05, 0) is 20.8 Å². The molecule has 0 aliphatic carbocycles. The first-order chi connectivity index (χ1) is 7.42. The lowest BCUT2D eigenvalue weighted by atomic mass is 10.2. The number of amides is 1. The van der Waals surface area contributed by atoms with E-state index < -0.39 is 5.60 Å². The van der Waals surface area contributed by atoms with Crippen LogP contribution in [0.15, 0.2) is 0 Å². The molecule has 0 aromatic rings. The molecule has 2 N–H and O–H groups in total. The molecule has 1 amide bonds. The molecule has 1 atom stereocenters. The van der Waals surface area contributed by atoms with E-state index in [-0.39, 0.29) is 12.2 Å². The molecule has 0 bridgehead atoms. The van der Waals surface area contributed by atoms with Crippen LogP contribution in [0.1, 0.15) is 20.8 Å². The fourth-order valence-electron chi connectivity index (χ4n) is 1.35. The lowest BCUT2D eigenvalue weighted by molar-refractivity contribution is -0.0129. The van der Waals surface area contributed by atoms with Crippen molar-refractivity contribution >= 4 is 6.09 Å². The number of hydrogen-bond donors (Lipinski definition) is 1. The highest BCUT2D eigenvalue weighted by molar-refractivity contribution is 5.68. The first-order valence-corrected chi connectivity index (χ1v) is 5.33. The largest absolute Gasteiger partial charge is 0.444 e. The van der Waals surface area contributed by atoms with Crippen LogP contribution < -0.4 is 5.90 Å². The van der Waals surface area contributed by atoms with Crippen LogP contribution in [-0.4, -0.2) is 49.0 Å². The van der Waals surface area contributed by atoms with E-state index in [1.54, 1.807) is 4.90 Å². The average molecular weight is 232 g/mol. The molecule has 0 spiro atoms. The lowest BCUT2D eigenvalue weighted by Crippen LogP contribution is -2.42. The Morgan fingerprint density at radius 2 is 2.19 bits per heavy atom. The van der Waals surface area contributed by atoms with E-state index in [1.807, 2.05) is 20.8 Å². The molecule has 0 radical (unpaired) electrons. The van der Waals surface area contributed by atoms with Crippen molar-refractivity contribution in [1.82, 2.24) is 4.90 Å². The predicted molar refractivity (Wildman–Crippen MR) is 57.7 cm³/mol. The van der Waals surface area contributed by atoms with Gasteiger partial charge in [0.2, 0.25) is 0 Å². The second-order valence-corrected chi connectivity index (χ2v) is 4.76. The maximum Gasteiger partial charge on any atom is 0.410 e. The van der Waals surface area contributed by atoms with Crippen LogP contribution in [-0.2, 0) is 14.3 Å². The maximum absolute atomic E-state index is 11.8. The Bertz CT molecular complexity index is 239. The zero-order valence-electron chi connectivity index (χ0n) is 10.1. The van der Waals surface area contributed by atoms with E-state index in [9.17, 15) is 4.79 Å². The summed E-state index contributed by atoms with van der Waals surface area (Å²) < 4.78 is 10.5. The molecule has 1 fully saturated rings. The van der Waals surface area contributed by atoms with Crippen LogP contribution in [0, 0.1) is 0 Å². The van der Waals surface area contributed by atoms with Crippen LogP contribution in [0.2, 0.25) is 0 Å². The van der Waals surface area contributed by atoms with Gasteiger partial charge in [0, 0.05) is 6.54 Å². The number of carbonyl (C=O) groups is 1. The van der Waals surface area contributed by atoms with Gasteiger partial charge in [0.25, 0.3) is 0 Å². The van der Waals surface area contributed by atoms with Gasteiger partial charge in [-0.3, -0.25) is 4.84 Å². The third-order valence-electron chi connectivity index (χ3n) is 2.08. The Kier molecular flexibility index (Phi) is 4.52. The molecule has 1 heterocycles. The third kappa shape index (κ3) is 4.34. The van der Waals surface area contributed by atoms with E-state index >= 15 is 0 Å². The quantitative estimate of drug-likeness (QED) is 0.667. The highest BCUT2D eigenvalue weighted by Gasteiger charge is 2.26. The van der Waals surface area contributed by atoms with Crippen LogP contribution in [0.4, 0.5) is 4.79 Å². The van der Waals surface area contributed by atoms with Crippen molar-refractivity contribution in [1.29, 1.82) is 0 Å². The average Bonchev–Trinajstić information content (AvgIpc) is 2.39. The highest BCUT2D eigenvalue weighted by Crippen LogP contribution is 2.11. The monoisotopic (exact) mass is 232 g/mol. The van der Waals surface area contributed by atoms with Crippen molar-refractivity contribution in [2.45, 2.75) is 32.5 Å².